The minimum Gasteiger partial charge on any atom is -0.423 e. The highest BCUT2D eigenvalue weighted by Gasteiger charge is 2.32. The second-order valence-corrected chi connectivity index (χ2v) is 14.5. The molecule has 0 heterocycles. The summed E-state index contributed by atoms with van der Waals surface area (Å²) in [7, 11) is -4.49. The molecule has 0 aliphatic rings. The van der Waals surface area contributed by atoms with Gasteiger partial charge in [0.05, 0.1) is 17.9 Å². The molecule has 2 unspecified atom stereocenters. The zero-order chi connectivity index (χ0) is 30.0. The Balaban J connectivity index is 1.85. The fourth-order valence-corrected chi connectivity index (χ4v) is 7.52. The van der Waals surface area contributed by atoms with E-state index in [4.69, 9.17) is 18.1 Å². The first kappa shape index (κ1) is 31.8. The zero-order valence-electron chi connectivity index (χ0n) is 24.8. The summed E-state index contributed by atoms with van der Waals surface area (Å²) < 4.78 is 52.0. The number of hydrogen-bond donors (Lipinski definition) is 0. The molecule has 0 aromatic heterocycles. The van der Waals surface area contributed by atoms with Crippen LogP contribution >= 0.6 is 15.2 Å². The molecule has 0 N–H and O–H groups in total. The summed E-state index contributed by atoms with van der Waals surface area (Å²) >= 11 is 0. The third kappa shape index (κ3) is 8.69. The highest BCUT2D eigenvalue weighted by molar-refractivity contribution is 7.53. The van der Waals surface area contributed by atoms with Gasteiger partial charge in [0.2, 0.25) is 0 Å². The summed E-state index contributed by atoms with van der Waals surface area (Å²) in [5.41, 5.74) is 4.95. The van der Waals surface area contributed by atoms with Crippen molar-refractivity contribution in [3.8, 4) is 22.6 Å². The van der Waals surface area contributed by atoms with Crippen molar-refractivity contribution in [2.75, 3.05) is 14.2 Å². The van der Waals surface area contributed by atoms with Crippen molar-refractivity contribution in [1.82, 2.24) is 0 Å². The van der Waals surface area contributed by atoms with E-state index in [1.54, 1.807) is 0 Å². The van der Waals surface area contributed by atoms with Gasteiger partial charge in [-0.2, -0.15) is 0 Å². The average molecular weight is 607 g/mol. The molecule has 42 heavy (non-hydrogen) atoms. The van der Waals surface area contributed by atoms with Gasteiger partial charge in [0.15, 0.2) is 0 Å². The molecular weight excluding hydrogens is 566 g/mol. The zero-order valence-corrected chi connectivity index (χ0v) is 26.6. The van der Waals surface area contributed by atoms with E-state index in [0.29, 0.717) is 17.1 Å². The van der Waals surface area contributed by atoms with Gasteiger partial charge in [-0.1, -0.05) is 110 Å². The molecule has 0 saturated heterocycles. The lowest BCUT2D eigenvalue weighted by Crippen LogP contribution is -2.05. The Morgan fingerprint density at radius 1 is 0.619 bits per heavy atom. The predicted octanol–water partition coefficient (Wildman–Crippen LogP) is 10.2. The molecule has 0 aliphatic carbocycles. The van der Waals surface area contributed by atoms with Gasteiger partial charge in [0.25, 0.3) is 0 Å². The standard InChI is InChI=1S/C34H40O6P2/c1-5-6-9-20-30-23-32(39-41(35,37-3)25-28-16-10-7-11-17-28)34(31-21-14-15-27(2)22-31)33(24-30)40-42(36,38-4)26-29-18-12-8-13-19-29/h7-8,10-19,21-24H,5-6,9,20,25-26H2,1-4H3. The number of benzene rings is 4. The minimum atomic E-state index is -3.64. The molecule has 4 aromatic rings. The van der Waals surface area contributed by atoms with E-state index in [1.807, 2.05) is 104 Å². The van der Waals surface area contributed by atoms with E-state index < -0.39 is 15.2 Å². The van der Waals surface area contributed by atoms with E-state index in [2.05, 4.69) is 6.92 Å². The van der Waals surface area contributed by atoms with Crippen LogP contribution in [0.15, 0.2) is 97.1 Å². The van der Waals surface area contributed by atoms with Gasteiger partial charge in [-0.25, -0.2) is 9.13 Å². The highest BCUT2D eigenvalue weighted by Crippen LogP contribution is 2.57. The molecule has 2 atom stereocenters. The molecule has 0 fully saturated rings. The fourth-order valence-electron chi connectivity index (χ4n) is 4.78. The van der Waals surface area contributed by atoms with Crippen LogP contribution in [0.5, 0.6) is 11.5 Å². The van der Waals surface area contributed by atoms with Gasteiger partial charge in [0, 0.05) is 14.2 Å². The maximum absolute atomic E-state index is 14.1. The Morgan fingerprint density at radius 2 is 1.14 bits per heavy atom. The van der Waals surface area contributed by atoms with Gasteiger partial charge in [0.1, 0.15) is 11.5 Å². The second kappa shape index (κ2) is 14.8. The first-order valence-electron chi connectivity index (χ1n) is 14.3. The summed E-state index contributed by atoms with van der Waals surface area (Å²) in [6.45, 7) is 4.15. The smallest absolute Gasteiger partial charge is 0.383 e. The normalized spacial score (nSPS) is 14.1. The molecule has 222 valence electrons. The van der Waals surface area contributed by atoms with Crippen LogP contribution in [-0.4, -0.2) is 14.2 Å². The van der Waals surface area contributed by atoms with Gasteiger partial charge < -0.3 is 18.1 Å². The van der Waals surface area contributed by atoms with Crippen LogP contribution in [0.3, 0.4) is 0 Å². The molecule has 0 saturated carbocycles. The number of aryl methyl sites for hydroxylation is 2. The molecule has 6 nitrogen and oxygen atoms in total. The van der Waals surface area contributed by atoms with E-state index in [9.17, 15) is 9.13 Å². The monoisotopic (exact) mass is 606 g/mol. The topological polar surface area (TPSA) is 71.1 Å². The van der Waals surface area contributed by atoms with E-state index in [-0.39, 0.29) is 12.3 Å². The Kier molecular flexibility index (Phi) is 11.2. The van der Waals surface area contributed by atoms with Crippen molar-refractivity contribution in [3.63, 3.8) is 0 Å². The lowest BCUT2D eigenvalue weighted by atomic mass is 9.98. The number of unbranched alkanes of at least 4 members (excludes halogenated alkanes) is 2. The maximum Gasteiger partial charge on any atom is 0.383 e. The van der Waals surface area contributed by atoms with Crippen molar-refractivity contribution in [2.24, 2.45) is 0 Å². The van der Waals surface area contributed by atoms with Crippen LogP contribution in [0.25, 0.3) is 11.1 Å². The quantitative estimate of drug-likeness (QED) is 0.0991. The molecule has 0 spiro atoms. The van der Waals surface area contributed by atoms with Crippen LogP contribution in [0.1, 0.15) is 48.4 Å². The molecular formula is C34H40O6P2. The van der Waals surface area contributed by atoms with Gasteiger partial charge in [-0.3, -0.25) is 0 Å². The van der Waals surface area contributed by atoms with Crippen LogP contribution in [-0.2, 0) is 36.9 Å². The Morgan fingerprint density at radius 3 is 1.60 bits per heavy atom. The van der Waals surface area contributed by atoms with Gasteiger partial charge in [-0.05, 0) is 54.2 Å². The van der Waals surface area contributed by atoms with Crippen LogP contribution in [0, 0.1) is 6.92 Å². The van der Waals surface area contributed by atoms with Crippen LogP contribution < -0.4 is 9.05 Å². The molecule has 0 amide bonds. The van der Waals surface area contributed by atoms with Gasteiger partial charge >= 0.3 is 15.2 Å². The summed E-state index contributed by atoms with van der Waals surface area (Å²) in [5.74, 6) is 0.709. The third-order valence-corrected chi connectivity index (χ3v) is 10.5. The minimum absolute atomic E-state index is 0.0957. The fraction of sp³-hybridized carbons (Fsp3) is 0.294. The second-order valence-electron chi connectivity index (χ2n) is 10.4. The van der Waals surface area contributed by atoms with E-state index in [0.717, 1.165) is 53.5 Å². The highest BCUT2D eigenvalue weighted by atomic mass is 31.2. The summed E-state index contributed by atoms with van der Waals surface area (Å²) in [6, 6.07) is 30.6. The van der Waals surface area contributed by atoms with Crippen molar-refractivity contribution >= 4 is 15.2 Å². The number of hydrogen-bond acceptors (Lipinski definition) is 6. The Hall–Kier alpha value is -3.14. The Labute approximate surface area is 250 Å². The maximum atomic E-state index is 14.1. The molecule has 4 aromatic carbocycles. The van der Waals surface area contributed by atoms with E-state index >= 15 is 0 Å². The van der Waals surface area contributed by atoms with E-state index in [1.165, 1.54) is 14.2 Å². The van der Waals surface area contributed by atoms with Crippen LogP contribution in [0.4, 0.5) is 0 Å². The average Bonchev–Trinajstić information content (AvgIpc) is 2.98. The largest absolute Gasteiger partial charge is 0.423 e. The SMILES string of the molecule is CCCCCc1cc(OP(=O)(Cc2ccccc2)OC)c(-c2cccc(C)c2)c(OP(=O)(Cc2ccccc2)OC)c1. The molecule has 0 aliphatic heterocycles. The lowest BCUT2D eigenvalue weighted by molar-refractivity contribution is 0.317. The molecule has 0 bridgehead atoms. The number of rotatable bonds is 15. The van der Waals surface area contributed by atoms with Crippen molar-refractivity contribution < 1.29 is 27.2 Å². The first-order valence-corrected chi connectivity index (χ1v) is 17.7. The predicted molar refractivity (Wildman–Crippen MR) is 171 cm³/mol. The molecule has 0 radical (unpaired) electrons. The van der Waals surface area contributed by atoms with Crippen molar-refractivity contribution in [2.45, 2.75) is 51.9 Å². The Bertz CT molecular complexity index is 1450. The lowest BCUT2D eigenvalue weighted by Gasteiger charge is -2.25. The first-order chi connectivity index (χ1) is 20.3. The van der Waals surface area contributed by atoms with Crippen molar-refractivity contribution in [3.05, 3.63) is 119 Å². The summed E-state index contributed by atoms with van der Waals surface area (Å²) in [4.78, 5) is 0. The summed E-state index contributed by atoms with van der Waals surface area (Å²) in [6.07, 6.45) is 4.02. The third-order valence-electron chi connectivity index (χ3n) is 6.97. The van der Waals surface area contributed by atoms with Gasteiger partial charge in [-0.15, -0.1) is 0 Å². The molecule has 4 rings (SSSR count). The van der Waals surface area contributed by atoms with Crippen molar-refractivity contribution in [1.29, 1.82) is 0 Å². The molecule has 8 heteroatoms. The summed E-state index contributed by atoms with van der Waals surface area (Å²) in [5, 5.41) is 0. The van der Waals surface area contributed by atoms with Crippen LogP contribution in [0.2, 0.25) is 0 Å².